The van der Waals surface area contributed by atoms with E-state index >= 15 is 0 Å². The number of nitrogens with zero attached hydrogens (tertiary/aromatic N) is 2. The zero-order chi connectivity index (χ0) is 21.6. The fourth-order valence-corrected chi connectivity index (χ4v) is 4.68. The van der Waals surface area contributed by atoms with Crippen LogP contribution in [0, 0.1) is 0 Å². The monoisotopic (exact) mass is 423 g/mol. The number of hydrogen-bond donors (Lipinski definition) is 2. The first kappa shape index (κ1) is 21.8. The molecular formula is C25H33N3O3. The Hall–Kier alpha value is -2.44. The van der Waals surface area contributed by atoms with Gasteiger partial charge in [-0.3, -0.25) is 9.69 Å². The van der Waals surface area contributed by atoms with Crippen molar-refractivity contribution < 1.29 is 14.6 Å². The van der Waals surface area contributed by atoms with Gasteiger partial charge in [-0.15, -0.1) is 0 Å². The van der Waals surface area contributed by atoms with Crippen LogP contribution in [-0.4, -0.2) is 53.3 Å². The van der Waals surface area contributed by atoms with Crippen molar-refractivity contribution in [2.24, 2.45) is 0 Å². The fraction of sp³-hybridized carbons (Fsp3) is 0.520. The van der Waals surface area contributed by atoms with E-state index in [1.54, 1.807) is 0 Å². The highest BCUT2D eigenvalue weighted by Gasteiger charge is 2.33. The first-order valence-corrected chi connectivity index (χ1v) is 11.5. The zero-order valence-electron chi connectivity index (χ0n) is 18.3. The number of carboxylic acids is 1. The molecule has 1 aromatic heterocycles. The lowest BCUT2D eigenvalue weighted by Gasteiger charge is -2.24. The first-order chi connectivity index (χ1) is 15.1. The number of aryl methyl sites for hydroxylation is 1. The number of likely N-dealkylation sites (tertiary alicyclic amines) is 1. The van der Waals surface area contributed by atoms with Crippen LogP contribution in [0.1, 0.15) is 61.4 Å². The fourth-order valence-electron chi connectivity index (χ4n) is 4.68. The summed E-state index contributed by atoms with van der Waals surface area (Å²) in [5, 5.41) is 13.1. The van der Waals surface area contributed by atoms with Crippen LogP contribution in [0.3, 0.4) is 0 Å². The molecule has 4 rings (SSSR count). The average molecular weight is 424 g/mol. The number of carboxylic acid groups (broad SMARTS) is 1. The number of fused-ring (bicyclic) bond motifs is 1. The molecule has 3 heterocycles. The van der Waals surface area contributed by atoms with Crippen molar-refractivity contribution in [3.05, 3.63) is 59.3 Å². The number of ether oxygens (including phenoxy) is 1. The van der Waals surface area contributed by atoms with Gasteiger partial charge in [0.25, 0.3) is 0 Å². The molecule has 1 aromatic carbocycles. The second kappa shape index (κ2) is 10.2. The molecule has 3 atom stereocenters. The molecule has 0 saturated carbocycles. The molecular weight excluding hydrogens is 390 g/mol. The third kappa shape index (κ3) is 5.43. The summed E-state index contributed by atoms with van der Waals surface area (Å²) in [5.41, 5.74) is 3.30. The van der Waals surface area contributed by atoms with Crippen molar-refractivity contribution >= 4 is 11.8 Å². The first-order valence-electron chi connectivity index (χ1n) is 11.5. The van der Waals surface area contributed by atoms with E-state index < -0.39 is 12.0 Å². The van der Waals surface area contributed by atoms with E-state index in [1.807, 2.05) is 35.2 Å². The van der Waals surface area contributed by atoms with Gasteiger partial charge in [-0.1, -0.05) is 43.3 Å². The maximum absolute atomic E-state index is 11.8. The highest BCUT2D eigenvalue weighted by Crippen LogP contribution is 2.30. The van der Waals surface area contributed by atoms with Gasteiger partial charge in [-0.2, -0.15) is 0 Å². The summed E-state index contributed by atoms with van der Waals surface area (Å²) >= 11 is 0. The van der Waals surface area contributed by atoms with E-state index in [0.717, 1.165) is 55.8 Å². The summed E-state index contributed by atoms with van der Waals surface area (Å²) in [6, 6.07) is 13.3. The Bertz CT molecular complexity index is 874. The Morgan fingerprint density at radius 3 is 2.87 bits per heavy atom. The molecule has 0 bridgehead atoms. The largest absolute Gasteiger partial charge is 0.480 e. The van der Waals surface area contributed by atoms with E-state index in [-0.39, 0.29) is 6.10 Å². The number of pyridine rings is 1. The van der Waals surface area contributed by atoms with Gasteiger partial charge in [0.15, 0.2) is 0 Å². The minimum Gasteiger partial charge on any atom is -0.480 e. The van der Waals surface area contributed by atoms with Gasteiger partial charge < -0.3 is 15.2 Å². The Morgan fingerprint density at radius 1 is 1.23 bits per heavy atom. The van der Waals surface area contributed by atoms with Crippen LogP contribution in [0.25, 0.3) is 0 Å². The average Bonchev–Trinajstić information content (AvgIpc) is 3.22. The van der Waals surface area contributed by atoms with Gasteiger partial charge in [-0.25, -0.2) is 4.98 Å². The van der Waals surface area contributed by atoms with Crippen LogP contribution < -0.4 is 5.32 Å². The molecule has 1 unspecified atom stereocenters. The van der Waals surface area contributed by atoms with Crippen LogP contribution in [0.2, 0.25) is 0 Å². The molecule has 0 radical (unpaired) electrons. The molecule has 0 aliphatic carbocycles. The van der Waals surface area contributed by atoms with Crippen LogP contribution >= 0.6 is 0 Å². The summed E-state index contributed by atoms with van der Waals surface area (Å²) in [7, 11) is 0. The zero-order valence-corrected chi connectivity index (χ0v) is 18.3. The third-order valence-electron chi connectivity index (χ3n) is 6.46. The number of hydrogen-bond acceptors (Lipinski definition) is 5. The Morgan fingerprint density at radius 2 is 2.06 bits per heavy atom. The van der Waals surface area contributed by atoms with Gasteiger partial charge in [0, 0.05) is 31.9 Å². The molecule has 31 heavy (non-hydrogen) atoms. The highest BCUT2D eigenvalue weighted by atomic mass is 16.5. The van der Waals surface area contributed by atoms with Gasteiger partial charge in [0.05, 0.1) is 6.10 Å². The normalized spacial score (nSPS) is 22.0. The van der Waals surface area contributed by atoms with Crippen LogP contribution in [0.15, 0.2) is 42.5 Å². The summed E-state index contributed by atoms with van der Waals surface area (Å²) in [6.45, 7) is 5.40. The van der Waals surface area contributed by atoms with Crippen LogP contribution in [0.5, 0.6) is 0 Å². The van der Waals surface area contributed by atoms with Gasteiger partial charge in [-0.05, 0) is 55.2 Å². The van der Waals surface area contributed by atoms with Crippen molar-refractivity contribution in [2.45, 2.75) is 57.1 Å². The van der Waals surface area contributed by atoms with Crippen LogP contribution in [0.4, 0.5) is 5.82 Å². The molecule has 0 amide bonds. The number of nitrogens with one attached hydrogen (secondary N) is 1. The molecule has 166 valence electrons. The lowest BCUT2D eigenvalue weighted by Crippen LogP contribution is -2.33. The molecule has 1 saturated heterocycles. The van der Waals surface area contributed by atoms with E-state index in [0.29, 0.717) is 19.1 Å². The smallest absolute Gasteiger partial charge is 0.325 e. The summed E-state index contributed by atoms with van der Waals surface area (Å²) in [6.07, 6.45) is 5.14. The molecule has 6 nitrogen and oxygen atoms in total. The van der Waals surface area contributed by atoms with Gasteiger partial charge in [0.2, 0.25) is 0 Å². The highest BCUT2D eigenvalue weighted by molar-refractivity contribution is 5.75. The number of aromatic nitrogens is 1. The Kier molecular flexibility index (Phi) is 7.20. The molecule has 1 fully saturated rings. The molecule has 0 spiro atoms. The van der Waals surface area contributed by atoms with E-state index in [9.17, 15) is 9.90 Å². The summed E-state index contributed by atoms with van der Waals surface area (Å²) in [4.78, 5) is 18.7. The van der Waals surface area contributed by atoms with E-state index in [1.165, 1.54) is 12.0 Å². The predicted octanol–water partition coefficient (Wildman–Crippen LogP) is 4.24. The topological polar surface area (TPSA) is 74.7 Å². The second-order valence-corrected chi connectivity index (χ2v) is 8.74. The van der Waals surface area contributed by atoms with Crippen LogP contribution in [-0.2, 0) is 16.0 Å². The molecule has 2 aromatic rings. The van der Waals surface area contributed by atoms with Crippen molar-refractivity contribution in [1.82, 2.24) is 9.88 Å². The maximum atomic E-state index is 11.8. The minimum absolute atomic E-state index is 0.109. The third-order valence-corrected chi connectivity index (χ3v) is 6.46. The molecule has 2 aliphatic heterocycles. The van der Waals surface area contributed by atoms with Crippen molar-refractivity contribution in [3.63, 3.8) is 0 Å². The quantitative estimate of drug-likeness (QED) is 0.588. The minimum atomic E-state index is -0.798. The van der Waals surface area contributed by atoms with Crippen molar-refractivity contribution in [1.29, 1.82) is 0 Å². The van der Waals surface area contributed by atoms with Crippen molar-refractivity contribution in [2.75, 3.05) is 31.6 Å². The van der Waals surface area contributed by atoms with E-state index in [2.05, 4.69) is 24.4 Å². The van der Waals surface area contributed by atoms with Gasteiger partial charge >= 0.3 is 5.97 Å². The number of rotatable bonds is 9. The molecule has 2 aliphatic rings. The summed E-state index contributed by atoms with van der Waals surface area (Å²) in [5.74, 6) is 0.845. The van der Waals surface area contributed by atoms with Gasteiger partial charge in [0.1, 0.15) is 11.9 Å². The number of unbranched alkanes of at least 4 members (excludes halogenated alkanes) is 1. The predicted molar refractivity (Wildman–Crippen MR) is 121 cm³/mol. The molecule has 2 N–H and O–H groups in total. The molecule has 6 heteroatoms. The SMILES string of the molecule is CC1CCNc2nc(CCCCO[C@@H]3CCN([C@H](C(=O)O)c4ccccc4)C3)ccc21. The number of anilines is 1. The second-order valence-electron chi connectivity index (χ2n) is 8.74. The lowest BCUT2D eigenvalue weighted by molar-refractivity contribution is -0.143. The standard InChI is InChI=1S/C25H33N3O3/c1-18-12-14-26-24-22(18)11-10-20(27-24)9-5-6-16-31-21-13-15-28(17-21)23(25(29)30)19-7-3-2-4-8-19/h2-4,7-8,10-11,18,21,23H,5-6,9,12-17H2,1H3,(H,26,27)(H,29,30)/t18?,21-,23+/m1/s1. The summed E-state index contributed by atoms with van der Waals surface area (Å²) < 4.78 is 6.07. The number of aliphatic carboxylic acids is 1. The number of carbonyl (C=O) groups is 1. The Balaban J connectivity index is 1.19. The lowest BCUT2D eigenvalue weighted by atomic mass is 9.95. The Labute approximate surface area is 184 Å². The maximum Gasteiger partial charge on any atom is 0.325 e. The van der Waals surface area contributed by atoms with E-state index in [4.69, 9.17) is 9.72 Å². The number of benzene rings is 1. The van der Waals surface area contributed by atoms with Crippen molar-refractivity contribution in [3.8, 4) is 0 Å².